The van der Waals surface area contributed by atoms with E-state index in [4.69, 9.17) is 20.0 Å². The molecule has 0 atom stereocenters. The average Bonchev–Trinajstić information content (AvgIpc) is 3.61. The van der Waals surface area contributed by atoms with Crippen molar-refractivity contribution in [2.75, 3.05) is 37.4 Å². The molecule has 0 bridgehead atoms. The summed E-state index contributed by atoms with van der Waals surface area (Å²) in [5.74, 6) is 0.423. The molecule has 11 nitrogen and oxygen atoms in total. The van der Waals surface area contributed by atoms with Crippen molar-refractivity contribution < 1.29 is 13.9 Å². The van der Waals surface area contributed by atoms with E-state index in [1.54, 1.807) is 13.0 Å². The second-order valence-electron chi connectivity index (χ2n) is 11.3. The van der Waals surface area contributed by atoms with E-state index in [1.807, 2.05) is 37.3 Å². The molecule has 0 spiro atoms. The Morgan fingerprint density at radius 1 is 1.02 bits per heavy atom. The number of Topliss-reactive ketones (excluding diaryl/α,β-unsaturated/α-hetero) is 1. The van der Waals surface area contributed by atoms with Crippen LogP contribution in [-0.2, 0) is 4.74 Å². The summed E-state index contributed by atoms with van der Waals surface area (Å²) in [5.41, 5.74) is 12.5. The molecule has 7 rings (SSSR count). The molecular weight excluding hydrogens is 532 g/mol. The number of rotatable bonds is 6. The molecule has 3 N–H and O–H groups in total. The summed E-state index contributed by atoms with van der Waals surface area (Å²) in [5, 5.41) is 9.09. The highest BCUT2D eigenvalue weighted by atomic mass is 16.5. The van der Waals surface area contributed by atoms with Gasteiger partial charge in [-0.15, -0.1) is 0 Å². The number of nitrogen functional groups attached to an aromatic ring is 1. The number of benzene rings is 2. The maximum Gasteiger partial charge on any atom is 0.300 e. The highest BCUT2D eigenvalue weighted by Crippen LogP contribution is 2.37. The van der Waals surface area contributed by atoms with E-state index in [9.17, 15) is 4.79 Å². The van der Waals surface area contributed by atoms with Crippen LogP contribution in [0.2, 0.25) is 0 Å². The zero-order chi connectivity index (χ0) is 28.8. The van der Waals surface area contributed by atoms with Crippen LogP contribution in [-0.4, -0.2) is 67.8 Å². The van der Waals surface area contributed by atoms with Gasteiger partial charge in [-0.1, -0.05) is 12.1 Å². The molecule has 1 saturated heterocycles. The van der Waals surface area contributed by atoms with Crippen LogP contribution < -0.4 is 11.1 Å². The first-order valence-electron chi connectivity index (χ1n) is 14.5. The highest BCUT2D eigenvalue weighted by Gasteiger charge is 2.30. The van der Waals surface area contributed by atoms with Gasteiger partial charge in [-0.05, 0) is 69.4 Å². The maximum absolute atomic E-state index is 11.9. The molecule has 1 saturated carbocycles. The van der Waals surface area contributed by atoms with E-state index in [1.165, 1.54) is 6.33 Å². The molecule has 3 aromatic heterocycles. The molecule has 2 aromatic carbocycles. The quantitative estimate of drug-likeness (QED) is 0.261. The lowest BCUT2D eigenvalue weighted by Gasteiger charge is -2.38. The fourth-order valence-electron chi connectivity index (χ4n) is 6.35. The third kappa shape index (κ3) is 4.88. The normalized spacial score (nSPS) is 19.9. The van der Waals surface area contributed by atoms with Crippen LogP contribution in [0, 0.1) is 6.92 Å². The molecule has 0 amide bonds. The van der Waals surface area contributed by atoms with Gasteiger partial charge < -0.3 is 20.2 Å². The monoisotopic (exact) mass is 566 g/mol. The molecule has 5 aromatic rings. The predicted molar refractivity (Wildman–Crippen MR) is 161 cm³/mol. The Labute approximate surface area is 243 Å². The average molecular weight is 567 g/mol. The van der Waals surface area contributed by atoms with Gasteiger partial charge in [0, 0.05) is 35.9 Å². The number of morpholine rings is 1. The number of nitrogens with one attached hydrogen (secondary N) is 1. The SMILES string of the molecule is CC(=O)c1cc(C)c2oc(Nc3ccc(-c4nn([C@H]5CC[C@H](N6CCOCC6)CC5)c5ncnc(N)c45)cc3)nc2c1. The number of hydrogen-bond acceptors (Lipinski definition) is 10. The van der Waals surface area contributed by atoms with Crippen molar-refractivity contribution in [2.24, 2.45) is 0 Å². The molecule has 4 heterocycles. The summed E-state index contributed by atoms with van der Waals surface area (Å²) in [4.78, 5) is 27.9. The first-order valence-corrected chi connectivity index (χ1v) is 14.5. The summed E-state index contributed by atoms with van der Waals surface area (Å²) in [6.07, 6.45) is 5.88. The van der Waals surface area contributed by atoms with Crippen LogP contribution in [0.15, 0.2) is 47.1 Å². The maximum atomic E-state index is 11.9. The molecule has 2 fully saturated rings. The van der Waals surface area contributed by atoms with E-state index >= 15 is 0 Å². The number of carbonyl (C=O) groups is 1. The lowest BCUT2D eigenvalue weighted by atomic mass is 9.90. The van der Waals surface area contributed by atoms with Crippen LogP contribution in [0.3, 0.4) is 0 Å². The summed E-state index contributed by atoms with van der Waals surface area (Å²) >= 11 is 0. The fraction of sp³-hybridized carbons (Fsp3) is 0.387. The molecule has 0 unspecified atom stereocenters. The van der Waals surface area contributed by atoms with Gasteiger partial charge in [0.2, 0.25) is 0 Å². The number of ketones is 1. The van der Waals surface area contributed by atoms with E-state index in [0.29, 0.717) is 34.5 Å². The first-order chi connectivity index (χ1) is 20.4. The molecule has 216 valence electrons. The summed E-state index contributed by atoms with van der Waals surface area (Å²) in [7, 11) is 0. The van der Waals surface area contributed by atoms with Crippen molar-refractivity contribution >= 4 is 45.4 Å². The Bertz CT molecular complexity index is 1760. The lowest BCUT2D eigenvalue weighted by Crippen LogP contribution is -2.45. The Balaban J connectivity index is 1.13. The van der Waals surface area contributed by atoms with Crippen molar-refractivity contribution in [1.82, 2.24) is 29.6 Å². The number of anilines is 3. The number of aromatic nitrogens is 5. The van der Waals surface area contributed by atoms with Crippen LogP contribution in [0.1, 0.15) is 54.6 Å². The summed E-state index contributed by atoms with van der Waals surface area (Å²) in [6, 6.07) is 12.7. The summed E-state index contributed by atoms with van der Waals surface area (Å²) < 4.78 is 13.6. The number of nitrogens with zero attached hydrogens (tertiary/aromatic N) is 6. The molecule has 42 heavy (non-hydrogen) atoms. The van der Waals surface area contributed by atoms with E-state index < -0.39 is 0 Å². The zero-order valence-corrected chi connectivity index (χ0v) is 23.8. The molecule has 11 heteroatoms. The first kappa shape index (κ1) is 26.5. The smallest absolute Gasteiger partial charge is 0.300 e. The fourth-order valence-corrected chi connectivity index (χ4v) is 6.35. The lowest BCUT2D eigenvalue weighted by molar-refractivity contribution is 0.00520. The number of hydrogen-bond donors (Lipinski definition) is 2. The Morgan fingerprint density at radius 2 is 1.76 bits per heavy atom. The topological polar surface area (TPSA) is 137 Å². The van der Waals surface area contributed by atoms with Crippen molar-refractivity contribution in [3.63, 3.8) is 0 Å². The van der Waals surface area contributed by atoms with Gasteiger partial charge in [0.05, 0.1) is 24.6 Å². The Kier molecular flexibility index (Phi) is 6.83. The molecule has 0 radical (unpaired) electrons. The van der Waals surface area contributed by atoms with E-state index in [2.05, 4.69) is 29.9 Å². The number of aryl methyl sites for hydroxylation is 1. The van der Waals surface area contributed by atoms with Gasteiger partial charge in [-0.25, -0.2) is 14.6 Å². The number of oxazole rings is 1. The van der Waals surface area contributed by atoms with Gasteiger partial charge in [0.25, 0.3) is 6.01 Å². The van der Waals surface area contributed by atoms with Crippen molar-refractivity contribution in [3.8, 4) is 11.3 Å². The zero-order valence-electron chi connectivity index (χ0n) is 23.8. The third-order valence-electron chi connectivity index (χ3n) is 8.58. The number of nitrogens with two attached hydrogens (primary N) is 1. The van der Waals surface area contributed by atoms with Crippen LogP contribution in [0.25, 0.3) is 33.4 Å². The van der Waals surface area contributed by atoms with Gasteiger partial charge in [0.1, 0.15) is 23.4 Å². The predicted octanol–water partition coefficient (Wildman–Crippen LogP) is 5.29. The van der Waals surface area contributed by atoms with Crippen molar-refractivity contribution in [1.29, 1.82) is 0 Å². The van der Waals surface area contributed by atoms with Crippen LogP contribution >= 0.6 is 0 Å². The van der Waals surface area contributed by atoms with Crippen LogP contribution in [0.4, 0.5) is 17.5 Å². The highest BCUT2D eigenvalue weighted by molar-refractivity contribution is 5.99. The minimum atomic E-state index is -0.00484. The largest absolute Gasteiger partial charge is 0.423 e. The Hall–Kier alpha value is -4.35. The molecule has 2 aliphatic rings. The number of ether oxygens (including phenoxy) is 1. The van der Waals surface area contributed by atoms with Gasteiger partial charge in [-0.3, -0.25) is 9.69 Å². The molecule has 1 aliphatic carbocycles. The van der Waals surface area contributed by atoms with E-state index in [-0.39, 0.29) is 11.8 Å². The third-order valence-corrected chi connectivity index (χ3v) is 8.58. The van der Waals surface area contributed by atoms with Gasteiger partial charge >= 0.3 is 0 Å². The second kappa shape index (κ2) is 10.8. The minimum absolute atomic E-state index is 0.00484. The number of fused-ring (bicyclic) bond motifs is 2. The minimum Gasteiger partial charge on any atom is -0.423 e. The molecular formula is C31H34N8O3. The number of carbonyl (C=O) groups excluding carboxylic acids is 1. The Morgan fingerprint density at radius 3 is 2.50 bits per heavy atom. The van der Waals surface area contributed by atoms with Crippen molar-refractivity contribution in [2.45, 2.75) is 51.6 Å². The van der Waals surface area contributed by atoms with E-state index in [0.717, 1.165) is 85.5 Å². The van der Waals surface area contributed by atoms with Gasteiger partial charge in [0.15, 0.2) is 17.0 Å². The summed E-state index contributed by atoms with van der Waals surface area (Å²) in [6.45, 7) is 7.15. The second-order valence-corrected chi connectivity index (χ2v) is 11.3. The molecule has 1 aliphatic heterocycles. The van der Waals surface area contributed by atoms with Crippen molar-refractivity contribution in [3.05, 3.63) is 53.9 Å². The van der Waals surface area contributed by atoms with Crippen LogP contribution in [0.5, 0.6) is 0 Å². The van der Waals surface area contributed by atoms with Gasteiger partial charge in [-0.2, -0.15) is 10.1 Å². The standard InChI is InChI=1S/C31H34N8O3/c1-18-15-21(19(2)40)16-25-28(18)42-31(36-25)35-22-5-3-20(4-6-22)27-26-29(32)33-17-34-30(26)39(37-27)24-9-7-23(8-10-24)38-11-13-41-14-12-38/h3-6,15-17,23-24H,7-14H2,1-2H3,(H,35,36)(H2,32,33,34)/t23-,24-.